The fourth-order valence-electron chi connectivity index (χ4n) is 4.41. The van der Waals surface area contributed by atoms with Crippen molar-refractivity contribution in [1.29, 1.82) is 0 Å². The van der Waals surface area contributed by atoms with Gasteiger partial charge in [0.05, 0.1) is 11.8 Å². The number of aromatic nitrogens is 2. The molecule has 0 amide bonds. The Morgan fingerprint density at radius 1 is 1.15 bits per heavy atom. The third kappa shape index (κ3) is 3.22. The molecule has 0 unspecified atom stereocenters. The van der Waals surface area contributed by atoms with Gasteiger partial charge in [-0.3, -0.25) is 9.36 Å². The van der Waals surface area contributed by atoms with Crippen LogP contribution >= 0.6 is 34.7 Å². The molecule has 5 aromatic rings. The summed E-state index contributed by atoms with van der Waals surface area (Å²) in [6, 6.07) is 18.2. The van der Waals surface area contributed by atoms with Crippen LogP contribution in [-0.4, -0.2) is 11.6 Å². The van der Waals surface area contributed by atoms with Crippen molar-refractivity contribution >= 4 is 73.4 Å². The quantitative estimate of drug-likeness (QED) is 0.332. The van der Waals surface area contributed by atoms with Gasteiger partial charge in [0, 0.05) is 35.0 Å². The van der Waals surface area contributed by atoms with Gasteiger partial charge in [-0.15, -0.1) is 11.3 Å². The van der Waals surface area contributed by atoms with Gasteiger partial charge in [0.2, 0.25) is 5.58 Å². The van der Waals surface area contributed by atoms with E-state index in [1.807, 2.05) is 66.6 Å². The average Bonchev–Trinajstić information content (AvgIpc) is 3.45. The van der Waals surface area contributed by atoms with Crippen molar-refractivity contribution < 1.29 is 8.98 Å². The van der Waals surface area contributed by atoms with Gasteiger partial charge in [-0.2, -0.15) is 4.57 Å². The van der Waals surface area contributed by atoms with Crippen LogP contribution in [0.1, 0.15) is 12.8 Å². The largest absolute Gasteiger partial charge is 0.397 e. The number of hydrogen-bond acceptors (Lipinski definition) is 5. The Morgan fingerprint density at radius 2 is 1.97 bits per heavy atom. The number of hydrogen-bond donors (Lipinski definition) is 0. The molecule has 1 aliphatic rings. The maximum atomic E-state index is 13.4. The Kier molecular flexibility index (Phi) is 5.09. The van der Waals surface area contributed by atoms with E-state index in [9.17, 15) is 4.79 Å². The maximum Gasteiger partial charge on any atom is 0.376 e. The van der Waals surface area contributed by atoms with Gasteiger partial charge in [-0.1, -0.05) is 47.6 Å². The van der Waals surface area contributed by atoms with Gasteiger partial charge in [0.25, 0.3) is 11.1 Å². The molecule has 2 aromatic heterocycles. The highest BCUT2D eigenvalue weighted by atomic mass is 35.5. The molecule has 1 aliphatic heterocycles. The Labute approximate surface area is 208 Å². The zero-order valence-corrected chi connectivity index (χ0v) is 21.2. The zero-order chi connectivity index (χ0) is 23.6. The van der Waals surface area contributed by atoms with Crippen molar-refractivity contribution in [1.82, 2.24) is 4.57 Å². The molecule has 0 bridgehead atoms. The first-order valence-corrected chi connectivity index (χ1v) is 12.9. The highest BCUT2D eigenvalue weighted by molar-refractivity contribution is 8.08. The second-order valence-corrected chi connectivity index (χ2v) is 10.7. The number of oxazole rings is 1. The third-order valence-electron chi connectivity index (χ3n) is 6.22. The van der Waals surface area contributed by atoms with Crippen LogP contribution in [0.4, 0.5) is 5.69 Å². The van der Waals surface area contributed by atoms with Gasteiger partial charge in [-0.05, 0) is 36.6 Å². The summed E-state index contributed by atoms with van der Waals surface area (Å²) in [5.74, 6) is 0.703. The number of thiazole rings is 1. The molecule has 0 radical (unpaired) electrons. The second-order valence-electron chi connectivity index (χ2n) is 8.18. The van der Waals surface area contributed by atoms with E-state index in [1.54, 1.807) is 11.8 Å². The van der Waals surface area contributed by atoms with Crippen LogP contribution in [0.25, 0.3) is 33.0 Å². The minimum Gasteiger partial charge on any atom is -0.397 e. The molecule has 0 N–H and O–H groups in total. The standard InChI is InChI=1S/C26H21ClN3O2S2/c1-4-30-22(14-21-28(2)18-11-9-15-7-5-6-8-17(15)23(18)32-21)34-24(25(30)31)26-29(3)19-13-16(27)10-12-20(19)33-26/h5-14H,4H2,1-3H3/q+1/b26-24-. The molecule has 170 valence electrons. The van der Waals surface area contributed by atoms with Crippen molar-refractivity contribution in [2.75, 3.05) is 11.9 Å². The van der Waals surface area contributed by atoms with Crippen LogP contribution in [0.2, 0.25) is 5.02 Å². The number of nitrogens with zero attached hydrogens (tertiary/aromatic N) is 3. The summed E-state index contributed by atoms with van der Waals surface area (Å²) in [7, 11) is 3.97. The lowest BCUT2D eigenvalue weighted by Gasteiger charge is -2.12. The van der Waals surface area contributed by atoms with E-state index in [0.29, 0.717) is 17.5 Å². The summed E-state index contributed by atoms with van der Waals surface area (Å²) in [4.78, 5) is 16.6. The van der Waals surface area contributed by atoms with Gasteiger partial charge in [0.15, 0.2) is 0 Å². The van der Waals surface area contributed by atoms with Crippen molar-refractivity contribution in [2.24, 2.45) is 7.05 Å². The molecule has 3 heterocycles. The maximum absolute atomic E-state index is 13.4. The van der Waals surface area contributed by atoms with Crippen LogP contribution in [0.3, 0.4) is 0 Å². The summed E-state index contributed by atoms with van der Waals surface area (Å²) < 4.78 is 11.8. The van der Waals surface area contributed by atoms with Gasteiger partial charge >= 0.3 is 5.89 Å². The molecular formula is C26H21ClN3O2S2+. The normalized spacial score (nSPS) is 15.6. The first-order valence-electron chi connectivity index (χ1n) is 10.9. The Balaban J connectivity index is 1.57. The summed E-state index contributed by atoms with van der Waals surface area (Å²) in [5, 5.41) is 3.82. The number of thioether (sulfide) groups is 1. The summed E-state index contributed by atoms with van der Waals surface area (Å²) in [6.45, 7) is 2.57. The fourth-order valence-corrected chi connectivity index (χ4v) is 7.00. The van der Waals surface area contributed by atoms with E-state index in [1.165, 1.54) is 11.3 Å². The average molecular weight is 507 g/mol. The first-order chi connectivity index (χ1) is 16.5. The first kappa shape index (κ1) is 21.5. The van der Waals surface area contributed by atoms with Crippen LogP contribution in [0.5, 0.6) is 0 Å². The molecule has 0 spiro atoms. The molecule has 0 atom stereocenters. The molecule has 3 aromatic carbocycles. The molecular weight excluding hydrogens is 486 g/mol. The lowest BCUT2D eigenvalue weighted by molar-refractivity contribution is -0.652. The van der Waals surface area contributed by atoms with E-state index in [4.69, 9.17) is 16.0 Å². The number of halogens is 1. The molecule has 0 fully saturated rings. The SMILES string of the molecule is CCn1c(=Cc2oc3c4ccccc4ccc3[n+]2C)s/c(=C2\Sc3ccc(Cl)cc3N2C)c1=O. The fraction of sp³-hybridized carbons (Fsp3) is 0.154. The highest BCUT2D eigenvalue weighted by Gasteiger charge is 2.25. The molecule has 0 aliphatic carbocycles. The summed E-state index contributed by atoms with van der Waals surface area (Å²) in [5.41, 5.74) is 2.89. The number of fused-ring (bicyclic) bond motifs is 4. The Bertz CT molecular complexity index is 1800. The molecule has 5 nitrogen and oxygen atoms in total. The van der Waals surface area contributed by atoms with E-state index < -0.39 is 0 Å². The lowest BCUT2D eigenvalue weighted by Crippen LogP contribution is -2.34. The number of benzene rings is 3. The van der Waals surface area contributed by atoms with E-state index in [2.05, 4.69) is 29.2 Å². The van der Waals surface area contributed by atoms with Crippen molar-refractivity contribution in [3.05, 3.63) is 85.1 Å². The highest BCUT2D eigenvalue weighted by Crippen LogP contribution is 2.46. The zero-order valence-electron chi connectivity index (χ0n) is 18.8. The third-order valence-corrected chi connectivity index (χ3v) is 8.94. The Morgan fingerprint density at radius 3 is 2.79 bits per heavy atom. The van der Waals surface area contributed by atoms with Crippen LogP contribution in [0.15, 0.2) is 68.7 Å². The van der Waals surface area contributed by atoms with Crippen LogP contribution in [-0.2, 0) is 13.6 Å². The molecule has 34 heavy (non-hydrogen) atoms. The number of aryl methyl sites for hydroxylation is 1. The van der Waals surface area contributed by atoms with E-state index in [-0.39, 0.29) is 5.56 Å². The molecule has 6 rings (SSSR count). The second kappa shape index (κ2) is 8.05. The Hall–Kier alpha value is -3.00. The van der Waals surface area contributed by atoms with Gasteiger partial charge in [0.1, 0.15) is 21.3 Å². The van der Waals surface area contributed by atoms with Crippen LogP contribution in [0, 0.1) is 0 Å². The molecule has 0 saturated carbocycles. The number of rotatable bonds is 2. The molecule has 0 saturated heterocycles. The van der Waals surface area contributed by atoms with Crippen molar-refractivity contribution in [3.63, 3.8) is 0 Å². The van der Waals surface area contributed by atoms with Crippen molar-refractivity contribution in [2.45, 2.75) is 18.4 Å². The minimum atomic E-state index is 0.0104. The van der Waals surface area contributed by atoms with E-state index in [0.717, 1.165) is 46.7 Å². The van der Waals surface area contributed by atoms with Crippen LogP contribution < -0.4 is 24.2 Å². The topological polar surface area (TPSA) is 42.3 Å². The lowest BCUT2D eigenvalue weighted by atomic mass is 10.1. The summed E-state index contributed by atoms with van der Waals surface area (Å²) >= 11 is 9.31. The molecule has 8 heteroatoms. The monoisotopic (exact) mass is 506 g/mol. The minimum absolute atomic E-state index is 0.0104. The smallest absolute Gasteiger partial charge is 0.376 e. The van der Waals surface area contributed by atoms with E-state index >= 15 is 0 Å². The predicted octanol–water partition coefficient (Wildman–Crippen LogP) is 4.44. The van der Waals surface area contributed by atoms with Crippen molar-refractivity contribution in [3.8, 4) is 0 Å². The predicted molar refractivity (Wildman–Crippen MR) is 141 cm³/mol. The van der Waals surface area contributed by atoms with Gasteiger partial charge in [-0.25, -0.2) is 0 Å². The van der Waals surface area contributed by atoms with Gasteiger partial charge < -0.3 is 9.32 Å². The summed E-state index contributed by atoms with van der Waals surface area (Å²) in [6.07, 6.45) is 1.97. The number of anilines is 1.